The summed E-state index contributed by atoms with van der Waals surface area (Å²) in [5.41, 5.74) is 2.16. The minimum Gasteiger partial charge on any atom is -0.289 e. The third-order valence-electron chi connectivity index (χ3n) is 6.00. The molecule has 1 saturated heterocycles. The van der Waals surface area contributed by atoms with Gasteiger partial charge in [0.15, 0.2) is 9.84 Å². The molecule has 0 aliphatic carbocycles. The normalized spacial score (nSPS) is 20.2. The van der Waals surface area contributed by atoms with Gasteiger partial charge in [0.25, 0.3) is 0 Å². The Bertz CT molecular complexity index is 1430. The first kappa shape index (κ1) is 28.2. The van der Waals surface area contributed by atoms with Crippen LogP contribution in [0.25, 0.3) is 10.4 Å². The molecule has 1 aromatic carbocycles. The molecule has 4 rings (SSSR count). The maximum absolute atomic E-state index is 13.6. The lowest BCUT2D eigenvalue weighted by atomic mass is 9.97. The van der Waals surface area contributed by atoms with Crippen LogP contribution in [0.2, 0.25) is 0 Å². The number of hydroxylamine groups is 1. The lowest BCUT2D eigenvalue weighted by Gasteiger charge is -2.30. The first-order valence-corrected chi connectivity index (χ1v) is 14.4. The number of benzene rings is 1. The number of rotatable bonds is 6. The molecule has 0 bridgehead atoms. The molecule has 9 nitrogen and oxygen atoms in total. The number of halogens is 2. The zero-order valence-electron chi connectivity index (χ0n) is 18.7. The highest BCUT2D eigenvalue weighted by atomic mass is 35.5. The van der Waals surface area contributed by atoms with Gasteiger partial charge in [-0.15, -0.1) is 23.7 Å². The molecule has 1 amide bonds. The van der Waals surface area contributed by atoms with Crippen LogP contribution in [0, 0.1) is 5.82 Å². The number of carbonyl (C=O) groups is 1. The number of nitrogens with one attached hydrogen (secondary N) is 1. The number of thiophene rings is 1. The Morgan fingerprint density at radius 2 is 1.89 bits per heavy atom. The predicted molar refractivity (Wildman–Crippen MR) is 135 cm³/mol. The molecule has 1 aliphatic heterocycles. The molecule has 1 aliphatic rings. The third-order valence-corrected chi connectivity index (χ3v) is 11.8. The van der Waals surface area contributed by atoms with Crippen LogP contribution in [0.15, 0.2) is 65.8 Å². The minimum atomic E-state index is -4.07. The second-order valence-electron chi connectivity index (χ2n) is 8.04. The first-order valence-electron chi connectivity index (χ1n) is 10.5. The molecule has 2 aromatic heterocycles. The smallest absolute Gasteiger partial charge is 0.245 e. The van der Waals surface area contributed by atoms with Crippen LogP contribution in [0.5, 0.6) is 0 Å². The van der Waals surface area contributed by atoms with E-state index < -0.39 is 48.5 Å². The summed E-state index contributed by atoms with van der Waals surface area (Å²) in [5, 5.41) is 9.17. The van der Waals surface area contributed by atoms with Crippen molar-refractivity contribution in [3.8, 4) is 10.4 Å². The van der Waals surface area contributed by atoms with Crippen LogP contribution in [-0.2, 0) is 29.4 Å². The zero-order valence-corrected chi connectivity index (χ0v) is 22.0. The van der Waals surface area contributed by atoms with E-state index in [0.717, 1.165) is 15.6 Å². The number of hydrogen-bond donors (Lipinski definition) is 2. The fourth-order valence-electron chi connectivity index (χ4n) is 4.09. The molecular formula is C22H23ClFN3O6S3. The Morgan fingerprint density at radius 3 is 2.53 bits per heavy atom. The van der Waals surface area contributed by atoms with Crippen LogP contribution in [0.4, 0.5) is 4.39 Å². The number of hydrogen-bond acceptors (Lipinski definition) is 8. The summed E-state index contributed by atoms with van der Waals surface area (Å²) in [6.45, 7) is -0.461. The van der Waals surface area contributed by atoms with Crippen LogP contribution >= 0.6 is 23.7 Å². The van der Waals surface area contributed by atoms with Gasteiger partial charge in [0.1, 0.15) is 15.5 Å². The number of aromatic nitrogens is 1. The van der Waals surface area contributed by atoms with Gasteiger partial charge >= 0.3 is 0 Å². The number of sulfone groups is 1. The summed E-state index contributed by atoms with van der Waals surface area (Å²) in [4.78, 5) is 17.0. The summed E-state index contributed by atoms with van der Waals surface area (Å²) in [6, 6.07) is 11.8. The van der Waals surface area contributed by atoms with Crippen LogP contribution < -0.4 is 5.48 Å². The van der Waals surface area contributed by atoms with E-state index >= 15 is 0 Å². The van der Waals surface area contributed by atoms with Gasteiger partial charge in [0.05, 0.1) is 12.2 Å². The predicted octanol–water partition coefficient (Wildman–Crippen LogP) is 2.97. The molecule has 2 N–H and O–H groups in total. The van der Waals surface area contributed by atoms with Crippen molar-refractivity contribution in [2.24, 2.45) is 0 Å². The van der Waals surface area contributed by atoms with E-state index in [0.29, 0.717) is 15.3 Å². The van der Waals surface area contributed by atoms with E-state index in [2.05, 4.69) is 4.98 Å². The Kier molecular flexibility index (Phi) is 8.53. The number of carbonyl (C=O) groups excluding carboxylic acids is 1. The molecule has 0 radical (unpaired) electrons. The highest BCUT2D eigenvalue weighted by molar-refractivity contribution is 7.92. The third kappa shape index (κ3) is 5.31. The van der Waals surface area contributed by atoms with Gasteiger partial charge in [-0.25, -0.2) is 26.7 Å². The second kappa shape index (κ2) is 10.9. The van der Waals surface area contributed by atoms with Crippen molar-refractivity contribution in [2.45, 2.75) is 22.5 Å². The lowest BCUT2D eigenvalue weighted by molar-refractivity contribution is -0.129. The fraction of sp³-hybridized carbons (Fsp3) is 0.273. The summed E-state index contributed by atoms with van der Waals surface area (Å²) in [7, 11) is -8.09. The van der Waals surface area contributed by atoms with E-state index in [9.17, 15) is 26.0 Å². The van der Waals surface area contributed by atoms with Crippen molar-refractivity contribution in [3.63, 3.8) is 0 Å². The fourth-order valence-corrected chi connectivity index (χ4v) is 9.22. The van der Waals surface area contributed by atoms with E-state index in [1.54, 1.807) is 24.3 Å². The average molecular weight is 576 g/mol. The Balaban J connectivity index is 0.00000361. The van der Waals surface area contributed by atoms with Crippen molar-refractivity contribution in [3.05, 3.63) is 71.6 Å². The maximum Gasteiger partial charge on any atom is 0.245 e. The highest BCUT2D eigenvalue weighted by Gasteiger charge is 2.50. The van der Waals surface area contributed by atoms with Gasteiger partial charge in [-0.1, -0.05) is 12.1 Å². The number of amides is 1. The molecule has 3 aromatic rings. The highest BCUT2D eigenvalue weighted by Crippen LogP contribution is 2.45. The maximum atomic E-state index is 13.6. The minimum absolute atomic E-state index is 0. The number of sulfonamides is 1. The summed E-state index contributed by atoms with van der Waals surface area (Å²) < 4.78 is 66.2. The molecule has 3 heterocycles. The first-order chi connectivity index (χ1) is 16.6. The quantitative estimate of drug-likeness (QED) is 0.341. The Morgan fingerprint density at radius 1 is 1.17 bits per heavy atom. The topological polar surface area (TPSA) is 134 Å². The van der Waals surface area contributed by atoms with Crippen molar-refractivity contribution in [1.82, 2.24) is 14.8 Å². The number of nitrogens with zero attached hydrogens (tertiary/aromatic N) is 2. The van der Waals surface area contributed by atoms with Gasteiger partial charge in [-0.3, -0.25) is 15.0 Å². The zero-order chi connectivity index (χ0) is 25.3. The van der Waals surface area contributed by atoms with Gasteiger partial charge < -0.3 is 0 Å². The van der Waals surface area contributed by atoms with Crippen molar-refractivity contribution >= 4 is 49.5 Å². The van der Waals surface area contributed by atoms with Gasteiger partial charge in [0, 0.05) is 35.2 Å². The van der Waals surface area contributed by atoms with Gasteiger partial charge in [0.2, 0.25) is 15.9 Å². The van der Waals surface area contributed by atoms with Crippen LogP contribution in [0.3, 0.4) is 0 Å². The molecule has 1 fully saturated rings. The summed E-state index contributed by atoms with van der Waals surface area (Å²) in [5.74, 6) is -1.84. The van der Waals surface area contributed by atoms with Crippen molar-refractivity contribution in [2.75, 3.05) is 18.8 Å². The summed E-state index contributed by atoms with van der Waals surface area (Å²) in [6.07, 6.45) is 1.83. The molecule has 0 saturated carbocycles. The van der Waals surface area contributed by atoms with Gasteiger partial charge in [-0.05, 0) is 48.4 Å². The van der Waals surface area contributed by atoms with Crippen LogP contribution in [0.1, 0.15) is 17.7 Å². The molecule has 1 unspecified atom stereocenters. The Hall–Kier alpha value is -2.42. The van der Waals surface area contributed by atoms with E-state index in [-0.39, 0.29) is 36.8 Å². The lowest BCUT2D eigenvalue weighted by Crippen LogP contribution is -2.41. The largest absolute Gasteiger partial charge is 0.289 e. The van der Waals surface area contributed by atoms with E-state index in [1.165, 1.54) is 42.1 Å². The van der Waals surface area contributed by atoms with E-state index in [4.69, 9.17) is 5.21 Å². The molecular weight excluding hydrogens is 553 g/mol. The van der Waals surface area contributed by atoms with E-state index in [1.807, 2.05) is 0 Å². The molecule has 194 valence electrons. The SMILES string of the molecule is Cl.O=C(CC1(c2ccc(-c3ccc(F)cc3)s2)CCN(S(=O)(=O)c2cccnc2)CCS1(=O)=O)NO. The molecule has 0 spiro atoms. The standard InChI is InChI=1S/C22H22FN3O6S3.ClH/c23-17-5-3-16(4-6-17)19-7-8-20(33-19)22(14-21(27)25-28)9-11-26(12-13-34(22,29)30)35(31,32)18-2-1-10-24-15-18;/h1-8,10,15,28H,9,11-14H2,(H,25,27);1H. The molecule has 36 heavy (non-hydrogen) atoms. The molecule has 14 heteroatoms. The monoisotopic (exact) mass is 575 g/mol. The van der Waals surface area contributed by atoms with Crippen molar-refractivity contribution < 1.29 is 31.2 Å². The Labute approximate surface area is 218 Å². The average Bonchev–Trinajstić information content (AvgIpc) is 3.29. The second-order valence-corrected chi connectivity index (χ2v) is 13.5. The summed E-state index contributed by atoms with van der Waals surface area (Å²) >= 11 is 1.13. The molecule has 1 atom stereocenters. The van der Waals surface area contributed by atoms with Gasteiger partial charge in [-0.2, -0.15) is 4.31 Å². The van der Waals surface area contributed by atoms with Crippen molar-refractivity contribution in [1.29, 1.82) is 0 Å². The van der Waals surface area contributed by atoms with Crippen LogP contribution in [-0.4, -0.2) is 56.1 Å². The number of pyridine rings is 1.